The van der Waals surface area contributed by atoms with Crippen LogP contribution in [-0.2, 0) is 21.4 Å². The molecule has 11 nitrogen and oxygen atoms in total. The lowest BCUT2D eigenvalue weighted by Crippen LogP contribution is -2.31. The molecular weight excluding hydrogens is 448 g/mol. The number of hydrogen-bond donors (Lipinski definition) is 1. The molecule has 2 heterocycles. The Labute approximate surface area is 193 Å². The maximum absolute atomic E-state index is 13.3. The van der Waals surface area contributed by atoms with E-state index >= 15 is 0 Å². The van der Waals surface area contributed by atoms with Gasteiger partial charge in [-0.3, -0.25) is 9.29 Å². The molecule has 12 heteroatoms. The highest BCUT2D eigenvalue weighted by Gasteiger charge is 2.32. The van der Waals surface area contributed by atoms with Crippen molar-refractivity contribution < 1.29 is 22.6 Å². The predicted octanol–water partition coefficient (Wildman–Crippen LogP) is 2.46. The first-order chi connectivity index (χ1) is 15.7. The monoisotopic (exact) mass is 476 g/mol. The van der Waals surface area contributed by atoms with Gasteiger partial charge >= 0.3 is 0 Å². The van der Waals surface area contributed by atoms with Gasteiger partial charge in [-0.1, -0.05) is 13.0 Å². The van der Waals surface area contributed by atoms with E-state index in [1.807, 2.05) is 6.92 Å². The third-order valence-corrected chi connectivity index (χ3v) is 7.12. The number of hydrogen-bond acceptors (Lipinski definition) is 9. The zero-order valence-corrected chi connectivity index (χ0v) is 20.3. The number of aromatic nitrogens is 5. The number of ether oxygens (including phenoxy) is 3. The second-order valence-electron chi connectivity index (χ2n) is 7.48. The van der Waals surface area contributed by atoms with Gasteiger partial charge in [-0.2, -0.15) is 0 Å². The Kier molecular flexibility index (Phi) is 7.49. The van der Waals surface area contributed by atoms with Gasteiger partial charge in [0, 0.05) is 25.4 Å². The molecule has 178 valence electrons. The number of sulfonamides is 1. The van der Waals surface area contributed by atoms with Crippen molar-refractivity contribution in [3.63, 3.8) is 0 Å². The van der Waals surface area contributed by atoms with Crippen LogP contribution in [0.2, 0.25) is 0 Å². The molecule has 3 rings (SSSR count). The Bertz CT molecular complexity index is 1170. The van der Waals surface area contributed by atoms with Crippen LogP contribution in [0.1, 0.15) is 37.0 Å². The second-order valence-corrected chi connectivity index (χ2v) is 9.52. The van der Waals surface area contributed by atoms with Crippen molar-refractivity contribution in [2.45, 2.75) is 38.5 Å². The number of benzene rings is 1. The molecule has 0 spiro atoms. The van der Waals surface area contributed by atoms with Crippen LogP contribution in [-0.4, -0.2) is 59.7 Å². The van der Waals surface area contributed by atoms with Crippen molar-refractivity contribution in [3.8, 4) is 17.2 Å². The van der Waals surface area contributed by atoms with Crippen LogP contribution >= 0.6 is 0 Å². The molecule has 2 aromatic heterocycles. The zero-order chi connectivity index (χ0) is 24.2. The van der Waals surface area contributed by atoms with Crippen LogP contribution in [0, 0.1) is 6.92 Å². The number of nitrogens with one attached hydrogen (secondary N) is 1. The Balaban J connectivity index is 2.04. The van der Waals surface area contributed by atoms with Crippen molar-refractivity contribution >= 4 is 16.0 Å². The van der Waals surface area contributed by atoms with Crippen LogP contribution in [0.25, 0.3) is 5.69 Å². The maximum Gasteiger partial charge on any atom is 0.243 e. The topological polar surface area (TPSA) is 130 Å². The van der Waals surface area contributed by atoms with Gasteiger partial charge < -0.3 is 14.2 Å². The Hall–Kier alpha value is -3.25. The Morgan fingerprint density at radius 3 is 2.18 bits per heavy atom. The number of nitrogens with zero attached hydrogens (tertiary/aromatic N) is 5. The van der Waals surface area contributed by atoms with Gasteiger partial charge in [-0.15, -0.1) is 10.2 Å². The lowest BCUT2D eigenvalue weighted by molar-refractivity contribution is 0.176. The third-order valence-electron chi connectivity index (χ3n) is 5.26. The first kappa shape index (κ1) is 24.4. The summed E-state index contributed by atoms with van der Waals surface area (Å²) in [5, 5.41) is 7.32. The molecule has 0 unspecified atom stereocenters. The summed E-state index contributed by atoms with van der Waals surface area (Å²) in [6.07, 6.45) is 3.32. The minimum atomic E-state index is -3.92. The van der Waals surface area contributed by atoms with Crippen LogP contribution in [0.15, 0.2) is 30.6 Å². The smallest absolute Gasteiger partial charge is 0.243 e. The molecule has 0 amide bonds. The molecular formula is C21H28N6O5S. The second kappa shape index (κ2) is 10.1. The van der Waals surface area contributed by atoms with E-state index in [1.165, 1.54) is 25.9 Å². The summed E-state index contributed by atoms with van der Waals surface area (Å²) in [5.41, 5.74) is 1.34. The van der Waals surface area contributed by atoms with Crippen molar-refractivity contribution in [1.82, 2.24) is 24.7 Å². The quantitative estimate of drug-likeness (QED) is 0.469. The molecule has 2 atom stereocenters. The lowest BCUT2D eigenvalue weighted by atomic mass is 10.1. The molecule has 0 bridgehead atoms. The van der Waals surface area contributed by atoms with Gasteiger partial charge in [0.05, 0.1) is 19.5 Å². The first-order valence-corrected chi connectivity index (χ1v) is 11.7. The van der Waals surface area contributed by atoms with Gasteiger partial charge in [0.2, 0.25) is 16.0 Å². The van der Waals surface area contributed by atoms with Crippen molar-refractivity contribution in [1.29, 1.82) is 0 Å². The van der Waals surface area contributed by atoms with Gasteiger partial charge in [-0.25, -0.2) is 18.4 Å². The lowest BCUT2D eigenvalue weighted by Gasteiger charge is -2.21. The zero-order valence-electron chi connectivity index (χ0n) is 19.4. The maximum atomic E-state index is 13.3. The highest BCUT2D eigenvalue weighted by molar-refractivity contribution is 7.93. The van der Waals surface area contributed by atoms with Gasteiger partial charge in [0.1, 0.15) is 29.6 Å². The molecule has 0 radical (unpaired) electrons. The first-order valence-electron chi connectivity index (χ1n) is 10.2. The fourth-order valence-corrected chi connectivity index (χ4v) is 4.46. The summed E-state index contributed by atoms with van der Waals surface area (Å²) >= 11 is 0. The minimum absolute atomic E-state index is 0.0197. The summed E-state index contributed by atoms with van der Waals surface area (Å²) in [7, 11) is 0.605. The summed E-state index contributed by atoms with van der Waals surface area (Å²) in [6.45, 7) is 5.31. The summed E-state index contributed by atoms with van der Waals surface area (Å²) in [5.74, 6) is 1.20. The molecule has 3 aromatic rings. The fraction of sp³-hybridized carbons (Fsp3) is 0.429. The SMILES string of the molecule is COCc1nnc(NS(=O)(=O)[C@@H](C)[C@H](C)c2ncc(C)cn2)n1-c1c(OC)cccc1OC. The number of rotatable bonds is 10. The summed E-state index contributed by atoms with van der Waals surface area (Å²) < 4.78 is 46.9. The molecule has 0 aliphatic heterocycles. The minimum Gasteiger partial charge on any atom is -0.494 e. The van der Waals surface area contributed by atoms with Crippen molar-refractivity contribution in [2.24, 2.45) is 0 Å². The van der Waals surface area contributed by atoms with E-state index in [0.29, 0.717) is 28.8 Å². The van der Waals surface area contributed by atoms with Gasteiger partial charge in [-0.05, 0) is 31.5 Å². The van der Waals surface area contributed by atoms with Gasteiger partial charge in [0.15, 0.2) is 5.82 Å². The highest BCUT2D eigenvalue weighted by Crippen LogP contribution is 2.35. The number of methoxy groups -OCH3 is 3. The van der Waals surface area contributed by atoms with Gasteiger partial charge in [0.25, 0.3) is 0 Å². The number of anilines is 1. The van der Waals surface area contributed by atoms with Crippen LogP contribution in [0.4, 0.5) is 5.95 Å². The summed E-state index contributed by atoms with van der Waals surface area (Å²) in [6, 6.07) is 5.22. The summed E-state index contributed by atoms with van der Waals surface area (Å²) in [4.78, 5) is 8.55. The van der Waals surface area contributed by atoms with Crippen LogP contribution in [0.5, 0.6) is 11.5 Å². The molecule has 0 aliphatic rings. The molecule has 1 aromatic carbocycles. The van der Waals surface area contributed by atoms with Crippen molar-refractivity contribution in [2.75, 3.05) is 26.1 Å². The number of aryl methyl sites for hydroxylation is 1. The highest BCUT2D eigenvalue weighted by atomic mass is 32.2. The van der Waals surface area contributed by atoms with Crippen molar-refractivity contribution in [3.05, 3.63) is 47.8 Å². The van der Waals surface area contributed by atoms with Crippen LogP contribution < -0.4 is 14.2 Å². The normalized spacial score (nSPS) is 13.4. The van der Waals surface area contributed by atoms with E-state index in [-0.39, 0.29) is 12.6 Å². The third kappa shape index (κ3) is 5.06. The molecule has 33 heavy (non-hydrogen) atoms. The van der Waals surface area contributed by atoms with E-state index < -0.39 is 21.2 Å². The van der Waals surface area contributed by atoms with E-state index in [9.17, 15) is 8.42 Å². The average Bonchev–Trinajstić information content (AvgIpc) is 3.18. The van der Waals surface area contributed by atoms with E-state index in [2.05, 4.69) is 24.9 Å². The van der Waals surface area contributed by atoms with E-state index in [4.69, 9.17) is 14.2 Å². The number of para-hydroxylation sites is 1. The molecule has 0 saturated carbocycles. The molecule has 0 fully saturated rings. The standard InChI is InChI=1S/C21H28N6O5S/c1-13-10-22-20(23-11-13)14(2)15(3)33(28,29)26-21-25-24-18(12-30-4)27(21)19-16(31-5)8-7-9-17(19)32-6/h7-11,14-15H,12H2,1-6H3,(H,25,26)/t14-,15-/m0/s1. The molecule has 0 aliphatic carbocycles. The molecule has 0 saturated heterocycles. The van der Waals surface area contributed by atoms with E-state index in [0.717, 1.165) is 5.56 Å². The Morgan fingerprint density at radius 2 is 1.64 bits per heavy atom. The fourth-order valence-electron chi connectivity index (χ4n) is 3.23. The van der Waals surface area contributed by atoms with E-state index in [1.54, 1.807) is 44.4 Å². The molecule has 1 N–H and O–H groups in total. The largest absolute Gasteiger partial charge is 0.494 e. The van der Waals surface area contributed by atoms with Crippen LogP contribution in [0.3, 0.4) is 0 Å². The average molecular weight is 477 g/mol. The Morgan fingerprint density at radius 1 is 1.03 bits per heavy atom. The predicted molar refractivity (Wildman–Crippen MR) is 122 cm³/mol.